The summed E-state index contributed by atoms with van der Waals surface area (Å²) >= 11 is 2.45. The SMILES string of the molecule is COc1cccc(OC)c1-c1cc(C(C)C)c(-c2ccccc2I)c(C(C)C)c1. The minimum Gasteiger partial charge on any atom is -0.496 e. The summed E-state index contributed by atoms with van der Waals surface area (Å²) in [6.07, 6.45) is 0. The zero-order valence-corrected chi connectivity index (χ0v) is 20.2. The Labute approximate surface area is 188 Å². The van der Waals surface area contributed by atoms with E-state index in [0.717, 1.165) is 22.6 Å². The van der Waals surface area contributed by atoms with Gasteiger partial charge in [0.1, 0.15) is 11.5 Å². The molecule has 2 nitrogen and oxygen atoms in total. The lowest BCUT2D eigenvalue weighted by molar-refractivity contribution is 0.397. The molecule has 3 aromatic rings. The number of rotatable bonds is 6. The van der Waals surface area contributed by atoms with Gasteiger partial charge in [0.15, 0.2) is 0 Å². The molecule has 0 heterocycles. The van der Waals surface area contributed by atoms with E-state index in [1.165, 1.54) is 25.8 Å². The lowest BCUT2D eigenvalue weighted by Gasteiger charge is -2.24. The molecule has 0 aliphatic heterocycles. The van der Waals surface area contributed by atoms with E-state index < -0.39 is 0 Å². The molecular formula is C26H29IO2. The summed E-state index contributed by atoms with van der Waals surface area (Å²) in [6, 6.07) is 19.2. The van der Waals surface area contributed by atoms with E-state index in [2.05, 4.69) is 86.7 Å². The van der Waals surface area contributed by atoms with Gasteiger partial charge >= 0.3 is 0 Å². The van der Waals surface area contributed by atoms with E-state index in [0.29, 0.717) is 11.8 Å². The molecule has 3 heteroatoms. The number of hydrogen-bond acceptors (Lipinski definition) is 2. The minimum absolute atomic E-state index is 0.388. The van der Waals surface area contributed by atoms with Crippen LogP contribution in [0.15, 0.2) is 54.6 Å². The fourth-order valence-corrected chi connectivity index (χ4v) is 4.51. The van der Waals surface area contributed by atoms with Crippen molar-refractivity contribution >= 4 is 22.6 Å². The van der Waals surface area contributed by atoms with Gasteiger partial charge in [0.25, 0.3) is 0 Å². The predicted octanol–water partition coefficient (Wildman–Crippen LogP) is 7.89. The van der Waals surface area contributed by atoms with Gasteiger partial charge < -0.3 is 9.47 Å². The molecule has 29 heavy (non-hydrogen) atoms. The summed E-state index contributed by atoms with van der Waals surface area (Å²) in [4.78, 5) is 0. The molecule has 0 atom stereocenters. The van der Waals surface area contributed by atoms with Gasteiger partial charge in [-0.05, 0) is 92.6 Å². The molecule has 0 N–H and O–H groups in total. The van der Waals surface area contributed by atoms with Crippen LogP contribution in [0, 0.1) is 3.57 Å². The fourth-order valence-electron chi connectivity index (χ4n) is 3.85. The van der Waals surface area contributed by atoms with Crippen molar-refractivity contribution in [2.24, 2.45) is 0 Å². The zero-order chi connectivity index (χ0) is 21.1. The predicted molar refractivity (Wildman–Crippen MR) is 131 cm³/mol. The Bertz CT molecular complexity index is 954. The highest BCUT2D eigenvalue weighted by Crippen LogP contribution is 2.45. The Kier molecular flexibility index (Phi) is 6.89. The quantitative estimate of drug-likeness (QED) is 0.321. The van der Waals surface area contributed by atoms with Gasteiger partial charge in [-0.25, -0.2) is 0 Å². The molecule has 152 valence electrons. The van der Waals surface area contributed by atoms with Crippen LogP contribution in [-0.2, 0) is 0 Å². The van der Waals surface area contributed by atoms with Crippen molar-refractivity contribution < 1.29 is 9.47 Å². The van der Waals surface area contributed by atoms with Gasteiger partial charge in [0.2, 0.25) is 0 Å². The molecule has 0 bridgehead atoms. The largest absolute Gasteiger partial charge is 0.496 e. The Morgan fingerprint density at radius 1 is 0.690 bits per heavy atom. The molecule has 0 spiro atoms. The van der Waals surface area contributed by atoms with Crippen molar-refractivity contribution in [3.05, 3.63) is 69.3 Å². The van der Waals surface area contributed by atoms with Crippen LogP contribution < -0.4 is 9.47 Å². The average molecular weight is 500 g/mol. The lowest BCUT2D eigenvalue weighted by atomic mass is 9.82. The van der Waals surface area contributed by atoms with Crippen molar-refractivity contribution in [2.75, 3.05) is 14.2 Å². The molecule has 0 aliphatic rings. The molecule has 0 aromatic heterocycles. The smallest absolute Gasteiger partial charge is 0.130 e. The van der Waals surface area contributed by atoms with Crippen LogP contribution in [0.25, 0.3) is 22.3 Å². The van der Waals surface area contributed by atoms with Crippen LogP contribution in [0.3, 0.4) is 0 Å². The maximum atomic E-state index is 5.70. The number of halogens is 1. The number of hydrogen-bond donors (Lipinski definition) is 0. The number of benzene rings is 3. The Hall–Kier alpha value is -2.01. The van der Waals surface area contributed by atoms with E-state index in [1.807, 2.05) is 18.2 Å². The third kappa shape index (κ3) is 4.30. The molecule has 0 aliphatic carbocycles. The van der Waals surface area contributed by atoms with Crippen LogP contribution in [0.2, 0.25) is 0 Å². The van der Waals surface area contributed by atoms with Crippen LogP contribution in [0.1, 0.15) is 50.7 Å². The van der Waals surface area contributed by atoms with Crippen molar-refractivity contribution in [1.29, 1.82) is 0 Å². The van der Waals surface area contributed by atoms with Gasteiger partial charge in [0, 0.05) is 3.57 Å². The maximum absolute atomic E-state index is 5.70. The molecule has 3 aromatic carbocycles. The van der Waals surface area contributed by atoms with Crippen LogP contribution in [-0.4, -0.2) is 14.2 Å². The highest BCUT2D eigenvalue weighted by Gasteiger charge is 2.22. The monoisotopic (exact) mass is 500 g/mol. The summed E-state index contributed by atoms with van der Waals surface area (Å²) in [6.45, 7) is 9.06. The van der Waals surface area contributed by atoms with E-state index in [9.17, 15) is 0 Å². The van der Waals surface area contributed by atoms with Crippen molar-refractivity contribution in [1.82, 2.24) is 0 Å². The summed E-state index contributed by atoms with van der Waals surface area (Å²) in [7, 11) is 3.43. The Morgan fingerprint density at radius 3 is 1.66 bits per heavy atom. The van der Waals surface area contributed by atoms with Crippen LogP contribution in [0.4, 0.5) is 0 Å². The molecule has 0 amide bonds. The van der Waals surface area contributed by atoms with E-state index in [4.69, 9.17) is 9.47 Å². The molecular weight excluding hydrogens is 471 g/mol. The van der Waals surface area contributed by atoms with Gasteiger partial charge in [-0.2, -0.15) is 0 Å². The highest BCUT2D eigenvalue weighted by atomic mass is 127. The second-order valence-corrected chi connectivity index (χ2v) is 9.02. The first-order valence-corrected chi connectivity index (χ1v) is 11.1. The third-order valence-corrected chi connectivity index (χ3v) is 6.24. The summed E-state index contributed by atoms with van der Waals surface area (Å²) in [5, 5.41) is 0. The second kappa shape index (κ2) is 9.21. The summed E-state index contributed by atoms with van der Waals surface area (Å²) < 4.78 is 12.7. The first kappa shape index (κ1) is 21.7. The maximum Gasteiger partial charge on any atom is 0.130 e. The Morgan fingerprint density at radius 2 is 1.21 bits per heavy atom. The van der Waals surface area contributed by atoms with E-state index in [1.54, 1.807) is 14.2 Å². The van der Waals surface area contributed by atoms with Crippen molar-refractivity contribution in [2.45, 2.75) is 39.5 Å². The molecule has 0 fully saturated rings. The molecule has 0 saturated heterocycles. The van der Waals surface area contributed by atoms with Crippen LogP contribution >= 0.6 is 22.6 Å². The summed E-state index contributed by atoms with van der Waals surface area (Å²) in [5.74, 6) is 2.44. The highest BCUT2D eigenvalue weighted by molar-refractivity contribution is 14.1. The van der Waals surface area contributed by atoms with Crippen molar-refractivity contribution in [3.8, 4) is 33.8 Å². The molecule has 3 rings (SSSR count). The second-order valence-electron chi connectivity index (χ2n) is 7.86. The van der Waals surface area contributed by atoms with E-state index in [-0.39, 0.29) is 0 Å². The normalized spacial score (nSPS) is 11.2. The van der Waals surface area contributed by atoms with Gasteiger partial charge in [-0.3, -0.25) is 0 Å². The number of ether oxygens (including phenoxy) is 2. The van der Waals surface area contributed by atoms with Crippen LogP contribution in [0.5, 0.6) is 11.5 Å². The molecule has 0 unspecified atom stereocenters. The van der Waals surface area contributed by atoms with Gasteiger partial charge in [-0.1, -0.05) is 52.0 Å². The fraction of sp³-hybridized carbons (Fsp3) is 0.308. The first-order chi connectivity index (χ1) is 13.9. The average Bonchev–Trinajstić information content (AvgIpc) is 2.72. The third-order valence-electron chi connectivity index (χ3n) is 5.30. The molecule has 0 radical (unpaired) electrons. The van der Waals surface area contributed by atoms with Gasteiger partial charge in [-0.15, -0.1) is 0 Å². The lowest BCUT2D eigenvalue weighted by Crippen LogP contribution is -2.03. The topological polar surface area (TPSA) is 18.5 Å². The molecule has 0 saturated carbocycles. The zero-order valence-electron chi connectivity index (χ0n) is 18.0. The number of methoxy groups -OCH3 is 2. The first-order valence-electron chi connectivity index (χ1n) is 10.0. The summed E-state index contributed by atoms with van der Waals surface area (Å²) in [5.41, 5.74) is 7.51. The Balaban J connectivity index is 2.39. The van der Waals surface area contributed by atoms with E-state index >= 15 is 0 Å². The van der Waals surface area contributed by atoms with Gasteiger partial charge in [0.05, 0.1) is 19.8 Å². The van der Waals surface area contributed by atoms with Crippen molar-refractivity contribution in [3.63, 3.8) is 0 Å². The minimum atomic E-state index is 0.388. The standard InChI is InChI=1S/C26H29IO2/c1-16(2)20-14-18(25-23(28-5)12-9-13-24(25)29-6)15-21(17(3)4)26(20)19-10-7-8-11-22(19)27/h7-17H,1-6H3.